The Kier molecular flexibility index (Phi) is 4.96. The maximum absolute atomic E-state index is 10.2. The molecule has 4 N–H and O–H groups in total. The van der Waals surface area contributed by atoms with Crippen molar-refractivity contribution in [2.24, 2.45) is 5.41 Å². The first-order valence-corrected chi connectivity index (χ1v) is 6.36. The van der Waals surface area contributed by atoms with E-state index in [9.17, 15) is 10.2 Å². The van der Waals surface area contributed by atoms with Gasteiger partial charge in [-0.05, 0) is 31.2 Å². The minimum absolute atomic E-state index is 0.0967. The molecule has 0 saturated carbocycles. The van der Waals surface area contributed by atoms with Gasteiger partial charge in [0.2, 0.25) is 0 Å². The van der Waals surface area contributed by atoms with Crippen LogP contribution in [0.25, 0.3) is 0 Å². The molecule has 0 aromatic carbocycles. The van der Waals surface area contributed by atoms with Crippen molar-refractivity contribution < 1.29 is 10.2 Å². The standard InChI is InChI=1S/C13H21ClN2O2/c1-8-9(6-10(14)12(15)16-8)11(18)4-5-13(2,3)7-17/h6,11,17-18H,4-5,7H2,1-3H3,(H2,15,16)/t11-/m0/s1. The lowest BCUT2D eigenvalue weighted by molar-refractivity contribution is 0.107. The minimum Gasteiger partial charge on any atom is -0.396 e. The number of nitrogen functional groups attached to an aromatic ring is 1. The maximum atomic E-state index is 10.2. The van der Waals surface area contributed by atoms with Crippen molar-refractivity contribution in [1.29, 1.82) is 0 Å². The quantitative estimate of drug-likeness (QED) is 0.769. The molecule has 102 valence electrons. The number of halogens is 1. The summed E-state index contributed by atoms with van der Waals surface area (Å²) in [6.45, 7) is 5.81. The number of hydrogen-bond acceptors (Lipinski definition) is 4. The van der Waals surface area contributed by atoms with Crippen molar-refractivity contribution in [3.63, 3.8) is 0 Å². The summed E-state index contributed by atoms with van der Waals surface area (Å²) in [4.78, 5) is 4.10. The third-order valence-corrected chi connectivity index (χ3v) is 3.42. The Morgan fingerprint density at radius 1 is 1.50 bits per heavy atom. The number of aliphatic hydroxyl groups is 2. The molecule has 18 heavy (non-hydrogen) atoms. The molecule has 0 saturated heterocycles. The lowest BCUT2D eigenvalue weighted by atomic mass is 9.86. The second kappa shape index (κ2) is 5.87. The summed E-state index contributed by atoms with van der Waals surface area (Å²) in [5.74, 6) is 0.279. The molecule has 1 rings (SSSR count). The van der Waals surface area contributed by atoms with Crippen LogP contribution in [0, 0.1) is 12.3 Å². The largest absolute Gasteiger partial charge is 0.396 e. The summed E-state index contributed by atoms with van der Waals surface area (Å²) in [5, 5.41) is 19.7. The monoisotopic (exact) mass is 272 g/mol. The average Bonchev–Trinajstić information content (AvgIpc) is 2.31. The molecule has 0 bridgehead atoms. The normalized spacial score (nSPS) is 13.7. The third kappa shape index (κ3) is 3.83. The van der Waals surface area contributed by atoms with Gasteiger partial charge >= 0.3 is 0 Å². The number of anilines is 1. The average molecular weight is 273 g/mol. The zero-order valence-corrected chi connectivity index (χ0v) is 11.8. The Bertz CT molecular complexity index is 422. The molecular weight excluding hydrogens is 252 g/mol. The highest BCUT2D eigenvalue weighted by Crippen LogP contribution is 2.30. The van der Waals surface area contributed by atoms with Crippen LogP contribution in [0.15, 0.2) is 6.07 Å². The van der Waals surface area contributed by atoms with Crippen molar-refractivity contribution in [2.45, 2.75) is 39.7 Å². The van der Waals surface area contributed by atoms with Gasteiger partial charge in [0.15, 0.2) is 0 Å². The molecule has 0 radical (unpaired) electrons. The predicted molar refractivity (Wildman–Crippen MR) is 73.5 cm³/mol. The van der Waals surface area contributed by atoms with E-state index >= 15 is 0 Å². The van der Waals surface area contributed by atoms with Crippen LogP contribution in [0.2, 0.25) is 5.02 Å². The molecular formula is C13H21ClN2O2. The van der Waals surface area contributed by atoms with Crippen molar-refractivity contribution >= 4 is 17.4 Å². The van der Waals surface area contributed by atoms with E-state index in [1.807, 2.05) is 13.8 Å². The van der Waals surface area contributed by atoms with Gasteiger partial charge in [0.05, 0.1) is 11.1 Å². The number of aryl methyl sites for hydroxylation is 1. The van der Waals surface area contributed by atoms with Crippen LogP contribution >= 0.6 is 11.6 Å². The molecule has 0 aliphatic carbocycles. The predicted octanol–water partition coefficient (Wildman–Crippen LogP) is 2.46. The summed E-state index contributed by atoms with van der Waals surface area (Å²) in [6, 6.07) is 1.66. The number of aromatic nitrogens is 1. The van der Waals surface area contributed by atoms with Crippen LogP contribution in [0.5, 0.6) is 0 Å². The van der Waals surface area contributed by atoms with E-state index < -0.39 is 6.10 Å². The van der Waals surface area contributed by atoms with Crippen LogP contribution in [0.1, 0.15) is 44.1 Å². The Morgan fingerprint density at radius 2 is 2.11 bits per heavy atom. The molecule has 1 heterocycles. The lowest BCUT2D eigenvalue weighted by Crippen LogP contribution is -2.18. The van der Waals surface area contributed by atoms with Gasteiger partial charge in [0.25, 0.3) is 0 Å². The van der Waals surface area contributed by atoms with Gasteiger partial charge in [0, 0.05) is 17.9 Å². The van der Waals surface area contributed by atoms with Gasteiger partial charge in [-0.25, -0.2) is 4.98 Å². The van der Waals surface area contributed by atoms with E-state index in [0.29, 0.717) is 29.1 Å². The van der Waals surface area contributed by atoms with E-state index in [-0.39, 0.29) is 17.8 Å². The molecule has 4 nitrogen and oxygen atoms in total. The summed E-state index contributed by atoms with van der Waals surface area (Å²) in [6.07, 6.45) is 0.629. The molecule has 5 heteroatoms. The first-order valence-electron chi connectivity index (χ1n) is 5.98. The molecule has 1 aromatic rings. The Hall–Kier alpha value is -0.840. The number of pyridine rings is 1. The second-order valence-corrected chi connectivity index (χ2v) is 5.81. The third-order valence-electron chi connectivity index (χ3n) is 3.11. The molecule has 0 amide bonds. The Balaban J connectivity index is 2.79. The highest BCUT2D eigenvalue weighted by molar-refractivity contribution is 6.32. The van der Waals surface area contributed by atoms with E-state index in [4.69, 9.17) is 17.3 Å². The van der Waals surface area contributed by atoms with Crippen LogP contribution in [-0.4, -0.2) is 21.8 Å². The minimum atomic E-state index is -0.638. The maximum Gasteiger partial charge on any atom is 0.142 e. The van der Waals surface area contributed by atoms with E-state index in [2.05, 4.69) is 4.98 Å². The molecule has 0 aliphatic heterocycles. The van der Waals surface area contributed by atoms with Gasteiger partial charge < -0.3 is 15.9 Å². The van der Waals surface area contributed by atoms with Gasteiger partial charge in [-0.2, -0.15) is 0 Å². The van der Waals surface area contributed by atoms with Crippen molar-refractivity contribution in [2.75, 3.05) is 12.3 Å². The second-order valence-electron chi connectivity index (χ2n) is 5.41. The van der Waals surface area contributed by atoms with Crippen LogP contribution in [0.4, 0.5) is 5.82 Å². The fourth-order valence-electron chi connectivity index (χ4n) is 1.71. The smallest absolute Gasteiger partial charge is 0.142 e. The number of nitrogens with two attached hydrogens (primary N) is 1. The van der Waals surface area contributed by atoms with Crippen molar-refractivity contribution in [1.82, 2.24) is 4.98 Å². The lowest BCUT2D eigenvalue weighted by Gasteiger charge is -2.23. The SMILES string of the molecule is Cc1nc(N)c(Cl)cc1[C@@H](O)CCC(C)(C)CO. The first kappa shape index (κ1) is 15.2. The number of rotatable bonds is 5. The molecule has 1 atom stereocenters. The van der Waals surface area contributed by atoms with Crippen molar-refractivity contribution in [3.8, 4) is 0 Å². The highest BCUT2D eigenvalue weighted by Gasteiger charge is 2.20. The molecule has 0 aliphatic rings. The zero-order valence-electron chi connectivity index (χ0n) is 11.1. The van der Waals surface area contributed by atoms with E-state index in [1.54, 1.807) is 13.0 Å². The Labute approximate surface area is 113 Å². The number of aliphatic hydroxyl groups excluding tert-OH is 2. The Morgan fingerprint density at radius 3 is 2.67 bits per heavy atom. The zero-order chi connectivity index (χ0) is 13.9. The molecule has 0 spiro atoms. The van der Waals surface area contributed by atoms with E-state index in [0.717, 1.165) is 0 Å². The van der Waals surface area contributed by atoms with E-state index in [1.165, 1.54) is 0 Å². The fraction of sp³-hybridized carbons (Fsp3) is 0.615. The molecule has 0 unspecified atom stereocenters. The van der Waals surface area contributed by atoms with Crippen LogP contribution < -0.4 is 5.73 Å². The highest BCUT2D eigenvalue weighted by atomic mass is 35.5. The summed E-state index contributed by atoms with van der Waals surface area (Å²) >= 11 is 5.91. The topological polar surface area (TPSA) is 79.4 Å². The van der Waals surface area contributed by atoms with Gasteiger partial charge in [-0.15, -0.1) is 0 Å². The molecule has 1 aromatic heterocycles. The number of hydrogen-bond donors (Lipinski definition) is 3. The first-order chi connectivity index (χ1) is 8.26. The number of nitrogens with zero attached hydrogens (tertiary/aromatic N) is 1. The van der Waals surface area contributed by atoms with Gasteiger partial charge in [-0.1, -0.05) is 25.4 Å². The fourth-order valence-corrected chi connectivity index (χ4v) is 1.87. The molecule has 0 fully saturated rings. The van der Waals surface area contributed by atoms with Gasteiger partial charge in [-0.3, -0.25) is 0 Å². The van der Waals surface area contributed by atoms with Crippen molar-refractivity contribution in [3.05, 3.63) is 22.3 Å². The van der Waals surface area contributed by atoms with Gasteiger partial charge in [0.1, 0.15) is 5.82 Å². The summed E-state index contributed by atoms with van der Waals surface area (Å²) < 4.78 is 0. The summed E-state index contributed by atoms with van der Waals surface area (Å²) in [7, 11) is 0. The summed E-state index contributed by atoms with van der Waals surface area (Å²) in [5.41, 5.74) is 6.79. The van der Waals surface area contributed by atoms with Crippen LogP contribution in [-0.2, 0) is 0 Å². The van der Waals surface area contributed by atoms with Crippen LogP contribution in [0.3, 0.4) is 0 Å².